The zero-order valence-electron chi connectivity index (χ0n) is 18.8. The van der Waals surface area contributed by atoms with Gasteiger partial charge < -0.3 is 21.5 Å². The maximum Gasteiger partial charge on any atom is 0.505 e. The first-order valence-electron chi connectivity index (χ1n) is 11.2. The first-order chi connectivity index (χ1) is 14.0. The topological polar surface area (TPSA) is 142 Å². The molecule has 8 nitrogen and oxygen atoms in total. The number of aliphatic hydroxyl groups is 1. The summed E-state index contributed by atoms with van der Waals surface area (Å²) in [6.45, 7) is 7.74. The molecule has 174 valence electrons. The zero-order valence-corrected chi connectivity index (χ0v) is 19.7. The molecule has 6 N–H and O–H groups in total. The normalized spacial score (nSPS) is 23.0. The summed E-state index contributed by atoms with van der Waals surface area (Å²) in [5, 5.41) is 15.9. The van der Waals surface area contributed by atoms with E-state index in [1.54, 1.807) is 0 Å². The number of rotatable bonds is 12. The fourth-order valence-corrected chi connectivity index (χ4v) is 5.09. The van der Waals surface area contributed by atoms with Gasteiger partial charge in [-0.1, -0.05) is 40.5 Å². The molecule has 0 heterocycles. The summed E-state index contributed by atoms with van der Waals surface area (Å²) in [5.41, 5.74) is 5.92. The van der Waals surface area contributed by atoms with Gasteiger partial charge in [0.15, 0.2) is 6.16 Å². The Morgan fingerprint density at radius 2 is 1.70 bits per heavy atom. The summed E-state index contributed by atoms with van der Waals surface area (Å²) in [6.07, 6.45) is 4.51. The minimum absolute atomic E-state index is 0.0878. The molecule has 1 aliphatic rings. The number of carbonyl (C=O) groups is 2. The Kier molecular flexibility index (Phi) is 12.0. The van der Waals surface area contributed by atoms with Gasteiger partial charge in [-0.05, 0) is 48.0 Å². The van der Waals surface area contributed by atoms with Crippen molar-refractivity contribution in [3.8, 4) is 0 Å². The summed E-state index contributed by atoms with van der Waals surface area (Å²) in [5.74, 6) is -0.205. The fraction of sp³-hybridized carbons (Fsp3) is 0.905. The Bertz CT molecular complexity index is 573. The molecular formula is C21H41N3O5P+. The molecule has 0 radical (unpaired) electrons. The molecule has 0 aliphatic heterocycles. The highest BCUT2D eigenvalue weighted by Crippen LogP contribution is 2.37. The van der Waals surface area contributed by atoms with Crippen LogP contribution in [0, 0.1) is 23.7 Å². The van der Waals surface area contributed by atoms with Crippen LogP contribution in [0.4, 0.5) is 0 Å². The summed E-state index contributed by atoms with van der Waals surface area (Å²) in [4.78, 5) is 34.2. The van der Waals surface area contributed by atoms with Crippen molar-refractivity contribution >= 4 is 19.8 Å². The number of hydrogen-bond donors (Lipinski definition) is 5. The predicted molar refractivity (Wildman–Crippen MR) is 118 cm³/mol. The molecule has 1 rings (SSSR count). The third-order valence-electron chi connectivity index (χ3n) is 5.85. The van der Waals surface area contributed by atoms with E-state index < -0.39 is 26.2 Å². The second-order valence-electron chi connectivity index (χ2n) is 9.44. The molecule has 1 fully saturated rings. The van der Waals surface area contributed by atoms with Crippen LogP contribution in [0.5, 0.6) is 0 Å². The minimum Gasteiger partial charge on any atom is -0.391 e. The molecule has 0 aromatic carbocycles. The van der Waals surface area contributed by atoms with Crippen LogP contribution < -0.4 is 16.4 Å². The Balaban J connectivity index is 2.55. The maximum atomic E-state index is 12.6. The minimum atomic E-state index is -2.18. The van der Waals surface area contributed by atoms with Gasteiger partial charge in [0, 0.05) is 12.5 Å². The van der Waals surface area contributed by atoms with E-state index in [0.29, 0.717) is 12.8 Å². The largest absolute Gasteiger partial charge is 0.505 e. The first-order valence-corrected chi connectivity index (χ1v) is 12.6. The molecule has 0 aromatic heterocycles. The van der Waals surface area contributed by atoms with E-state index in [4.69, 9.17) is 5.73 Å². The number of carbonyl (C=O) groups excluding carboxylic acids is 2. The standard InChI is InChI=1S/C21H40N3O5P/c1-13(2)9-18(22)20(26)24-19(14(3)4)21(27)23-11-17(25)10-15-7-5-6-8-16(15)12-30(28)29/h13-19,25H,5-12,22H2,1-4H3,(H2-,23,24,26,27,28,29)/p+1/t15?,16?,17-,18+,19+/m1/s1. The SMILES string of the molecule is CC(C)C[C@H](N)C(=O)N[C@H](C(=O)NC[C@H](O)CC1CCCCC1C[P+](=O)O)C(C)C. The van der Waals surface area contributed by atoms with E-state index in [9.17, 15) is 24.2 Å². The fourth-order valence-electron chi connectivity index (χ4n) is 4.21. The highest BCUT2D eigenvalue weighted by Gasteiger charge is 2.33. The molecule has 0 bridgehead atoms. The van der Waals surface area contributed by atoms with E-state index in [2.05, 4.69) is 10.6 Å². The van der Waals surface area contributed by atoms with Crippen LogP contribution in [0.2, 0.25) is 0 Å². The lowest BCUT2D eigenvalue weighted by molar-refractivity contribution is -0.131. The van der Waals surface area contributed by atoms with Crippen LogP contribution in [0.25, 0.3) is 0 Å². The van der Waals surface area contributed by atoms with Crippen LogP contribution in [0.3, 0.4) is 0 Å². The second-order valence-corrected chi connectivity index (χ2v) is 10.5. The Hall–Kier alpha value is -1.08. The number of nitrogens with two attached hydrogens (primary N) is 1. The van der Waals surface area contributed by atoms with Gasteiger partial charge in [0.25, 0.3) is 0 Å². The summed E-state index contributed by atoms with van der Waals surface area (Å²) >= 11 is 0. The Morgan fingerprint density at radius 1 is 1.10 bits per heavy atom. The molecule has 0 aromatic rings. The molecular weight excluding hydrogens is 405 g/mol. The number of aliphatic hydroxyl groups excluding tert-OH is 1. The highest BCUT2D eigenvalue weighted by atomic mass is 31.1. The van der Waals surface area contributed by atoms with Gasteiger partial charge in [-0.15, -0.1) is 0 Å². The first kappa shape index (κ1) is 27.0. The van der Waals surface area contributed by atoms with Gasteiger partial charge in [0.05, 0.1) is 12.1 Å². The predicted octanol–water partition coefficient (Wildman–Crippen LogP) is 1.91. The van der Waals surface area contributed by atoms with Crippen LogP contribution in [0.15, 0.2) is 0 Å². The average Bonchev–Trinajstić information content (AvgIpc) is 2.64. The van der Waals surface area contributed by atoms with Gasteiger partial charge in [-0.25, -0.2) is 0 Å². The van der Waals surface area contributed by atoms with Crippen molar-refractivity contribution in [2.45, 2.75) is 84.4 Å². The van der Waals surface area contributed by atoms with Gasteiger partial charge in [0.1, 0.15) is 6.04 Å². The molecule has 2 amide bonds. The lowest BCUT2D eigenvalue weighted by atomic mass is 9.77. The molecule has 9 heteroatoms. The summed E-state index contributed by atoms with van der Waals surface area (Å²) < 4.78 is 11.2. The monoisotopic (exact) mass is 446 g/mol. The van der Waals surface area contributed by atoms with E-state index in [1.165, 1.54) is 0 Å². The lowest BCUT2D eigenvalue weighted by Gasteiger charge is -2.30. The van der Waals surface area contributed by atoms with Gasteiger partial charge in [-0.2, -0.15) is 4.89 Å². The molecule has 1 aliphatic carbocycles. The van der Waals surface area contributed by atoms with E-state index in [1.807, 2.05) is 27.7 Å². The second kappa shape index (κ2) is 13.4. The van der Waals surface area contributed by atoms with Crippen molar-refractivity contribution < 1.29 is 24.2 Å². The molecule has 6 atom stereocenters. The smallest absolute Gasteiger partial charge is 0.391 e. The van der Waals surface area contributed by atoms with Crippen molar-refractivity contribution in [1.29, 1.82) is 0 Å². The number of nitrogens with one attached hydrogen (secondary N) is 2. The van der Waals surface area contributed by atoms with Crippen molar-refractivity contribution in [1.82, 2.24) is 10.6 Å². The average molecular weight is 447 g/mol. The van der Waals surface area contributed by atoms with E-state index in [0.717, 1.165) is 25.7 Å². The van der Waals surface area contributed by atoms with Crippen LogP contribution in [-0.4, -0.2) is 52.7 Å². The number of hydrogen-bond acceptors (Lipinski definition) is 5. The van der Waals surface area contributed by atoms with Gasteiger partial charge >= 0.3 is 8.03 Å². The summed E-state index contributed by atoms with van der Waals surface area (Å²) in [6, 6.07) is -1.38. The molecule has 30 heavy (non-hydrogen) atoms. The van der Waals surface area contributed by atoms with E-state index >= 15 is 0 Å². The highest BCUT2D eigenvalue weighted by molar-refractivity contribution is 7.38. The molecule has 0 saturated heterocycles. The maximum absolute atomic E-state index is 12.6. The van der Waals surface area contributed by atoms with Crippen LogP contribution in [-0.2, 0) is 14.2 Å². The molecule has 0 spiro atoms. The zero-order chi connectivity index (χ0) is 22.8. The quantitative estimate of drug-likeness (QED) is 0.290. The van der Waals surface area contributed by atoms with Crippen molar-refractivity contribution in [3.05, 3.63) is 0 Å². The third-order valence-corrected chi connectivity index (χ3v) is 6.63. The van der Waals surface area contributed by atoms with Crippen molar-refractivity contribution in [2.24, 2.45) is 29.4 Å². The van der Waals surface area contributed by atoms with Gasteiger partial charge in [0.2, 0.25) is 11.8 Å². The van der Waals surface area contributed by atoms with Gasteiger partial charge in [-0.3, -0.25) is 9.59 Å². The number of amides is 2. The molecule has 1 saturated carbocycles. The molecule has 3 unspecified atom stereocenters. The van der Waals surface area contributed by atoms with Crippen molar-refractivity contribution in [3.63, 3.8) is 0 Å². The Morgan fingerprint density at radius 3 is 2.23 bits per heavy atom. The summed E-state index contributed by atoms with van der Waals surface area (Å²) in [7, 11) is -2.18. The van der Waals surface area contributed by atoms with Crippen LogP contribution in [0.1, 0.15) is 66.2 Å². The van der Waals surface area contributed by atoms with Crippen LogP contribution >= 0.6 is 8.03 Å². The van der Waals surface area contributed by atoms with Crippen molar-refractivity contribution in [2.75, 3.05) is 12.7 Å². The third kappa shape index (κ3) is 9.82. The Labute approximate surface area is 181 Å². The van der Waals surface area contributed by atoms with E-state index in [-0.39, 0.29) is 48.2 Å². The lowest BCUT2D eigenvalue weighted by Crippen LogP contribution is -2.54.